The van der Waals surface area contributed by atoms with Crippen LogP contribution in [0.3, 0.4) is 0 Å². The molecule has 0 bridgehead atoms. The van der Waals surface area contributed by atoms with Crippen LogP contribution < -0.4 is 0 Å². The summed E-state index contributed by atoms with van der Waals surface area (Å²) in [5, 5.41) is 4.02. The van der Waals surface area contributed by atoms with Crippen LogP contribution in [0.15, 0.2) is 22.7 Å². The maximum Gasteiger partial charge on any atom is 0.252 e. The summed E-state index contributed by atoms with van der Waals surface area (Å²) in [5.41, 5.74) is 3.89. The monoisotopic (exact) mass is 371 g/mol. The Morgan fingerprint density at radius 2 is 2.15 bits per heavy atom. The number of benzene rings is 1. The van der Waals surface area contributed by atoms with Crippen molar-refractivity contribution in [1.82, 2.24) is 15.0 Å². The number of carbonyl (C=O) groups excluding carboxylic acids is 1. The van der Waals surface area contributed by atoms with Crippen LogP contribution in [0.25, 0.3) is 0 Å². The number of carbonyl (C=O) groups is 1. The Morgan fingerprint density at radius 1 is 1.30 bits per heavy atom. The van der Waals surface area contributed by atoms with Gasteiger partial charge < -0.3 is 18.9 Å². The van der Waals surface area contributed by atoms with Gasteiger partial charge in [-0.3, -0.25) is 4.79 Å². The van der Waals surface area contributed by atoms with Crippen LogP contribution in [0.1, 0.15) is 47.3 Å². The molecule has 1 aromatic carbocycles. The van der Waals surface area contributed by atoms with E-state index in [1.165, 1.54) is 24.0 Å². The highest BCUT2D eigenvalue weighted by Gasteiger charge is 2.32. The lowest BCUT2D eigenvalue weighted by molar-refractivity contribution is -0.139. The van der Waals surface area contributed by atoms with Gasteiger partial charge in [0.25, 0.3) is 5.89 Å². The quantitative estimate of drug-likeness (QED) is 0.802. The SMILES string of the molecule is COCc1nc(C2COCCN2C(=O)Cc2ccc3c(c2)CCCC3)no1. The molecule has 7 heteroatoms. The zero-order valence-electron chi connectivity index (χ0n) is 15.6. The molecule has 0 N–H and O–H groups in total. The molecule has 1 fully saturated rings. The second-order valence-corrected chi connectivity index (χ2v) is 7.14. The van der Waals surface area contributed by atoms with Crippen LogP contribution in [-0.4, -0.2) is 47.8 Å². The summed E-state index contributed by atoms with van der Waals surface area (Å²) in [6.07, 6.45) is 5.14. The van der Waals surface area contributed by atoms with Crippen molar-refractivity contribution >= 4 is 5.91 Å². The standard InChI is InChI=1S/C20H25N3O4/c1-25-13-18-21-20(22-27-18)17-12-26-9-8-23(17)19(24)11-14-6-7-15-4-2-3-5-16(15)10-14/h6-7,10,17H,2-5,8-9,11-13H2,1H3. The van der Waals surface area contributed by atoms with Crippen LogP contribution in [0.4, 0.5) is 0 Å². The minimum atomic E-state index is -0.321. The van der Waals surface area contributed by atoms with Crippen molar-refractivity contribution in [2.24, 2.45) is 0 Å². The number of hydrogen-bond acceptors (Lipinski definition) is 6. The van der Waals surface area contributed by atoms with E-state index >= 15 is 0 Å². The van der Waals surface area contributed by atoms with Crippen LogP contribution in [0.2, 0.25) is 0 Å². The Morgan fingerprint density at radius 3 is 3.00 bits per heavy atom. The third kappa shape index (κ3) is 4.04. The Bertz CT molecular complexity index is 804. The smallest absolute Gasteiger partial charge is 0.252 e. The first kappa shape index (κ1) is 18.1. The average Bonchev–Trinajstić information content (AvgIpc) is 3.17. The lowest BCUT2D eigenvalue weighted by atomic mass is 9.90. The summed E-state index contributed by atoms with van der Waals surface area (Å²) in [5.74, 6) is 0.942. The van der Waals surface area contributed by atoms with Gasteiger partial charge in [-0.1, -0.05) is 23.4 Å². The molecular formula is C20H25N3O4. The molecule has 2 heterocycles. The third-order valence-corrected chi connectivity index (χ3v) is 5.27. The highest BCUT2D eigenvalue weighted by molar-refractivity contribution is 5.79. The number of rotatable bonds is 5. The number of ether oxygens (including phenoxy) is 2. The van der Waals surface area contributed by atoms with E-state index in [1.807, 2.05) is 4.90 Å². The Labute approximate surface area is 158 Å². The lowest BCUT2D eigenvalue weighted by Gasteiger charge is -2.33. The first-order valence-corrected chi connectivity index (χ1v) is 9.54. The molecule has 1 amide bonds. The summed E-state index contributed by atoms with van der Waals surface area (Å²) in [4.78, 5) is 19.2. The molecule has 0 radical (unpaired) electrons. The normalized spacial score (nSPS) is 19.7. The van der Waals surface area contributed by atoms with Gasteiger partial charge in [-0.05, 0) is 42.4 Å². The van der Waals surface area contributed by atoms with Crippen LogP contribution >= 0.6 is 0 Å². The molecule has 2 aliphatic rings. The van der Waals surface area contributed by atoms with E-state index in [1.54, 1.807) is 7.11 Å². The molecule has 1 saturated heterocycles. The van der Waals surface area contributed by atoms with Gasteiger partial charge in [-0.25, -0.2) is 0 Å². The minimum absolute atomic E-state index is 0.0668. The average molecular weight is 371 g/mol. The van der Waals surface area contributed by atoms with Gasteiger partial charge in [0.15, 0.2) is 5.82 Å². The fourth-order valence-electron chi connectivity index (χ4n) is 3.87. The van der Waals surface area contributed by atoms with E-state index in [0.29, 0.717) is 37.9 Å². The number of amides is 1. The van der Waals surface area contributed by atoms with E-state index in [4.69, 9.17) is 14.0 Å². The number of morpholine rings is 1. The molecule has 1 aliphatic carbocycles. The Kier molecular flexibility index (Phi) is 5.50. The summed E-state index contributed by atoms with van der Waals surface area (Å²) in [6.45, 7) is 1.68. The van der Waals surface area contributed by atoms with E-state index < -0.39 is 0 Å². The van der Waals surface area contributed by atoms with Crippen molar-refractivity contribution < 1.29 is 18.8 Å². The minimum Gasteiger partial charge on any atom is -0.377 e. The second-order valence-electron chi connectivity index (χ2n) is 7.14. The Balaban J connectivity index is 1.48. The van der Waals surface area contributed by atoms with Gasteiger partial charge in [0.05, 0.1) is 19.6 Å². The van der Waals surface area contributed by atoms with Gasteiger partial charge in [0, 0.05) is 13.7 Å². The number of hydrogen-bond donors (Lipinski definition) is 0. The molecule has 1 atom stereocenters. The lowest BCUT2D eigenvalue weighted by Crippen LogP contribution is -2.44. The van der Waals surface area contributed by atoms with E-state index in [9.17, 15) is 4.79 Å². The maximum absolute atomic E-state index is 13.0. The fraction of sp³-hybridized carbons (Fsp3) is 0.550. The zero-order chi connectivity index (χ0) is 18.6. The summed E-state index contributed by atoms with van der Waals surface area (Å²) < 4.78 is 15.8. The fourth-order valence-corrected chi connectivity index (χ4v) is 3.87. The third-order valence-electron chi connectivity index (χ3n) is 5.27. The van der Waals surface area contributed by atoms with Crippen LogP contribution in [0, 0.1) is 0 Å². The van der Waals surface area contributed by atoms with E-state index in [2.05, 4.69) is 28.3 Å². The number of aryl methyl sites for hydroxylation is 2. The number of methoxy groups -OCH3 is 1. The molecule has 1 aliphatic heterocycles. The molecule has 4 rings (SSSR count). The summed E-state index contributed by atoms with van der Waals surface area (Å²) >= 11 is 0. The molecule has 7 nitrogen and oxygen atoms in total. The van der Waals surface area contributed by atoms with Crippen molar-refractivity contribution in [1.29, 1.82) is 0 Å². The highest BCUT2D eigenvalue weighted by Crippen LogP contribution is 2.25. The van der Waals surface area contributed by atoms with Crippen LogP contribution in [-0.2, 0) is 40.1 Å². The molecule has 1 aromatic heterocycles. The topological polar surface area (TPSA) is 77.7 Å². The molecule has 2 aromatic rings. The van der Waals surface area contributed by atoms with Crippen molar-refractivity contribution in [3.05, 3.63) is 46.6 Å². The van der Waals surface area contributed by atoms with Gasteiger partial charge in [-0.15, -0.1) is 0 Å². The van der Waals surface area contributed by atoms with E-state index in [0.717, 1.165) is 18.4 Å². The first-order chi connectivity index (χ1) is 13.2. The maximum atomic E-state index is 13.0. The van der Waals surface area contributed by atoms with Gasteiger partial charge in [0.1, 0.15) is 12.6 Å². The molecule has 0 saturated carbocycles. The molecule has 1 unspecified atom stereocenters. The van der Waals surface area contributed by atoms with Crippen molar-refractivity contribution in [2.75, 3.05) is 26.9 Å². The van der Waals surface area contributed by atoms with Gasteiger partial charge in [-0.2, -0.15) is 4.98 Å². The second kappa shape index (κ2) is 8.19. The van der Waals surface area contributed by atoms with Crippen molar-refractivity contribution in [3.8, 4) is 0 Å². The molecule has 144 valence electrons. The van der Waals surface area contributed by atoms with Crippen molar-refractivity contribution in [3.63, 3.8) is 0 Å². The number of fused-ring (bicyclic) bond motifs is 1. The predicted octanol–water partition coefficient (Wildman–Crippen LogP) is 2.24. The summed E-state index contributed by atoms with van der Waals surface area (Å²) in [7, 11) is 1.57. The van der Waals surface area contributed by atoms with E-state index in [-0.39, 0.29) is 18.6 Å². The van der Waals surface area contributed by atoms with Gasteiger partial charge >= 0.3 is 0 Å². The molecule has 0 spiro atoms. The molecule has 27 heavy (non-hydrogen) atoms. The van der Waals surface area contributed by atoms with Gasteiger partial charge in [0.2, 0.25) is 5.91 Å². The number of nitrogens with zero attached hydrogens (tertiary/aromatic N) is 3. The van der Waals surface area contributed by atoms with Crippen molar-refractivity contribution in [2.45, 2.75) is 44.8 Å². The van der Waals surface area contributed by atoms with Crippen LogP contribution in [0.5, 0.6) is 0 Å². The Hall–Kier alpha value is -2.25. The highest BCUT2D eigenvalue weighted by atomic mass is 16.5. The first-order valence-electron chi connectivity index (χ1n) is 9.54. The largest absolute Gasteiger partial charge is 0.377 e. The molecular weight excluding hydrogens is 346 g/mol. The number of aromatic nitrogens is 2. The predicted molar refractivity (Wildman–Crippen MR) is 97.1 cm³/mol. The summed E-state index contributed by atoms with van der Waals surface area (Å²) in [6, 6.07) is 6.15. The zero-order valence-corrected chi connectivity index (χ0v) is 15.6.